The van der Waals surface area contributed by atoms with E-state index in [0.717, 1.165) is 32.1 Å². The predicted molar refractivity (Wildman–Crippen MR) is 128 cm³/mol. The highest BCUT2D eigenvalue weighted by atomic mass is 28.4. The van der Waals surface area contributed by atoms with Crippen LogP contribution >= 0.6 is 0 Å². The fourth-order valence-electron chi connectivity index (χ4n) is 3.90. The average molecular weight is 425 g/mol. The summed E-state index contributed by atoms with van der Waals surface area (Å²) in [7, 11) is -1.04. The number of unbranched alkanes of at least 4 members (excludes halogenated alkanes) is 4. The molecule has 0 N–H and O–H groups in total. The molecule has 0 aliphatic heterocycles. The Kier molecular flexibility index (Phi) is 9.38. The van der Waals surface area contributed by atoms with Crippen LogP contribution in [0.25, 0.3) is 0 Å². The fraction of sp³-hybridized carbons (Fsp3) is 0.423. The van der Waals surface area contributed by atoms with E-state index in [2.05, 4.69) is 92.2 Å². The van der Waals surface area contributed by atoms with Crippen molar-refractivity contribution in [2.45, 2.75) is 64.3 Å². The van der Waals surface area contributed by atoms with E-state index in [1.807, 2.05) is 6.26 Å². The molecule has 0 spiro atoms. The quantitative estimate of drug-likeness (QED) is 0.204. The van der Waals surface area contributed by atoms with E-state index in [0.29, 0.717) is 6.42 Å². The predicted octanol–water partition coefficient (Wildman–Crippen LogP) is 5.59. The number of carbonyl (C=O) groups is 1. The SMILES string of the molecule is COC(=O)CCCCCC/C=C/O[Si](c1ccccc1)(c1ccccc1)C(C)(C)C. The lowest BCUT2D eigenvalue weighted by Gasteiger charge is -2.41. The van der Waals surface area contributed by atoms with Crippen molar-refractivity contribution in [3.05, 3.63) is 73.0 Å². The second-order valence-electron chi connectivity index (χ2n) is 8.68. The molecule has 162 valence electrons. The van der Waals surface area contributed by atoms with Crippen molar-refractivity contribution in [3.63, 3.8) is 0 Å². The highest BCUT2D eigenvalue weighted by Gasteiger charge is 2.51. The third-order valence-electron chi connectivity index (χ3n) is 5.49. The number of methoxy groups -OCH3 is 1. The van der Waals surface area contributed by atoms with Crippen LogP contribution in [0.2, 0.25) is 5.04 Å². The molecule has 2 rings (SSSR count). The molecule has 0 aliphatic carbocycles. The maximum absolute atomic E-state index is 11.1. The summed E-state index contributed by atoms with van der Waals surface area (Å²) in [5.41, 5.74) is 0. The molecule has 4 heteroatoms. The lowest BCUT2D eigenvalue weighted by Crippen LogP contribution is -2.65. The Bertz CT molecular complexity index is 739. The molecule has 0 atom stereocenters. The number of esters is 1. The molecule has 0 unspecified atom stereocenters. The van der Waals surface area contributed by atoms with Gasteiger partial charge in [0, 0.05) is 6.42 Å². The highest BCUT2D eigenvalue weighted by molar-refractivity contribution is 6.99. The van der Waals surface area contributed by atoms with Crippen molar-refractivity contribution in [3.8, 4) is 0 Å². The molecular weight excluding hydrogens is 388 g/mol. The topological polar surface area (TPSA) is 35.5 Å². The van der Waals surface area contributed by atoms with Gasteiger partial charge in [-0.1, -0.05) is 100 Å². The molecule has 2 aromatic rings. The third kappa shape index (κ3) is 6.33. The number of hydrogen-bond acceptors (Lipinski definition) is 3. The van der Waals surface area contributed by atoms with Crippen LogP contribution in [0.3, 0.4) is 0 Å². The van der Waals surface area contributed by atoms with Gasteiger partial charge in [-0.3, -0.25) is 4.79 Å². The summed E-state index contributed by atoms with van der Waals surface area (Å²) in [6.07, 6.45) is 9.75. The number of ether oxygens (including phenoxy) is 1. The Hall–Kier alpha value is -2.33. The van der Waals surface area contributed by atoms with Gasteiger partial charge in [0.1, 0.15) is 0 Å². The lowest BCUT2D eigenvalue weighted by molar-refractivity contribution is -0.140. The largest absolute Gasteiger partial charge is 0.540 e. The molecule has 0 fully saturated rings. The smallest absolute Gasteiger partial charge is 0.319 e. The van der Waals surface area contributed by atoms with Crippen molar-refractivity contribution in [1.29, 1.82) is 0 Å². The van der Waals surface area contributed by atoms with Crippen molar-refractivity contribution < 1.29 is 14.0 Å². The maximum atomic E-state index is 11.1. The molecule has 3 nitrogen and oxygen atoms in total. The molecule has 0 bridgehead atoms. The van der Waals surface area contributed by atoms with E-state index in [1.165, 1.54) is 17.5 Å². The standard InChI is InChI=1S/C26H36O3Si/c1-26(2,3)30(23-17-11-9-12-18-23,24-19-13-10-14-20-24)29-22-16-8-6-5-7-15-21-25(27)28-4/h9-14,16-20,22H,5-8,15,21H2,1-4H3/b22-16+. The summed E-state index contributed by atoms with van der Waals surface area (Å²) in [6.45, 7) is 6.86. The van der Waals surface area contributed by atoms with Gasteiger partial charge in [-0.15, -0.1) is 0 Å². The molecule has 0 radical (unpaired) electrons. The van der Waals surface area contributed by atoms with Crippen LogP contribution in [0.5, 0.6) is 0 Å². The monoisotopic (exact) mass is 424 g/mol. The maximum Gasteiger partial charge on any atom is 0.319 e. The van der Waals surface area contributed by atoms with Gasteiger partial charge in [0.15, 0.2) is 0 Å². The first kappa shape index (κ1) is 23.9. The van der Waals surface area contributed by atoms with E-state index >= 15 is 0 Å². The summed E-state index contributed by atoms with van der Waals surface area (Å²) in [4.78, 5) is 11.1. The van der Waals surface area contributed by atoms with Crippen molar-refractivity contribution in [1.82, 2.24) is 0 Å². The zero-order valence-corrected chi connectivity index (χ0v) is 19.9. The Morgan fingerprint density at radius 3 is 1.90 bits per heavy atom. The van der Waals surface area contributed by atoms with Gasteiger partial charge in [0.25, 0.3) is 0 Å². The summed E-state index contributed by atoms with van der Waals surface area (Å²) in [5, 5.41) is 2.56. The third-order valence-corrected chi connectivity index (χ3v) is 10.4. The van der Waals surface area contributed by atoms with Gasteiger partial charge >= 0.3 is 14.3 Å². The molecule has 0 saturated heterocycles. The summed E-state index contributed by atoms with van der Waals surface area (Å²) in [6, 6.07) is 21.4. The molecule has 2 aromatic carbocycles. The van der Waals surface area contributed by atoms with Gasteiger partial charge in [-0.25, -0.2) is 0 Å². The zero-order chi connectivity index (χ0) is 21.9. The van der Waals surface area contributed by atoms with Gasteiger partial charge in [-0.2, -0.15) is 0 Å². The molecule has 0 amide bonds. The number of carbonyl (C=O) groups excluding carboxylic acids is 1. The molecular formula is C26H36O3Si. The number of rotatable bonds is 11. The van der Waals surface area contributed by atoms with E-state index < -0.39 is 8.32 Å². The number of benzene rings is 2. The summed E-state index contributed by atoms with van der Waals surface area (Å²) in [5.74, 6) is -0.117. The number of allylic oxidation sites excluding steroid dienone is 1. The minimum atomic E-state index is -2.49. The summed E-state index contributed by atoms with van der Waals surface area (Å²) < 4.78 is 11.4. The molecule has 30 heavy (non-hydrogen) atoms. The molecule has 0 aromatic heterocycles. The lowest BCUT2D eigenvalue weighted by atomic mass is 10.1. The normalized spacial score (nSPS) is 12.1. The first-order valence-electron chi connectivity index (χ1n) is 10.9. The second kappa shape index (κ2) is 11.8. The van der Waals surface area contributed by atoms with Crippen molar-refractivity contribution in [2.75, 3.05) is 7.11 Å². The second-order valence-corrected chi connectivity index (χ2v) is 12.9. The Balaban J connectivity index is 2.06. The van der Waals surface area contributed by atoms with Crippen LogP contribution in [-0.4, -0.2) is 21.4 Å². The molecule has 0 heterocycles. The summed E-state index contributed by atoms with van der Waals surface area (Å²) >= 11 is 0. The average Bonchev–Trinajstić information content (AvgIpc) is 2.75. The first-order chi connectivity index (χ1) is 14.4. The van der Waals surface area contributed by atoms with Crippen LogP contribution < -0.4 is 10.4 Å². The minimum Gasteiger partial charge on any atom is -0.540 e. The fourth-order valence-corrected chi connectivity index (χ4v) is 8.21. The van der Waals surface area contributed by atoms with Crippen LogP contribution in [0.15, 0.2) is 73.0 Å². The Labute approximate surface area is 183 Å². The van der Waals surface area contributed by atoms with Gasteiger partial charge < -0.3 is 9.16 Å². The Morgan fingerprint density at radius 2 is 1.40 bits per heavy atom. The van der Waals surface area contributed by atoms with Gasteiger partial charge in [-0.05, 0) is 34.7 Å². The van der Waals surface area contributed by atoms with E-state index in [-0.39, 0.29) is 11.0 Å². The van der Waals surface area contributed by atoms with Crippen LogP contribution in [0.4, 0.5) is 0 Å². The minimum absolute atomic E-state index is 0.0199. The van der Waals surface area contributed by atoms with Crippen molar-refractivity contribution >= 4 is 24.7 Å². The number of hydrogen-bond donors (Lipinski definition) is 0. The highest BCUT2D eigenvalue weighted by Crippen LogP contribution is 2.36. The van der Waals surface area contributed by atoms with Crippen molar-refractivity contribution in [2.24, 2.45) is 0 Å². The van der Waals surface area contributed by atoms with E-state index in [9.17, 15) is 4.79 Å². The first-order valence-corrected chi connectivity index (χ1v) is 12.8. The Morgan fingerprint density at radius 1 is 0.867 bits per heavy atom. The van der Waals surface area contributed by atoms with E-state index in [4.69, 9.17) is 4.43 Å². The van der Waals surface area contributed by atoms with Gasteiger partial charge in [0.05, 0.1) is 13.4 Å². The molecule has 0 saturated carbocycles. The molecule has 0 aliphatic rings. The van der Waals surface area contributed by atoms with Gasteiger partial charge in [0.2, 0.25) is 0 Å². The van der Waals surface area contributed by atoms with Crippen LogP contribution in [0, 0.1) is 0 Å². The van der Waals surface area contributed by atoms with E-state index in [1.54, 1.807) is 0 Å². The van der Waals surface area contributed by atoms with Crippen LogP contribution in [0.1, 0.15) is 59.3 Å². The zero-order valence-electron chi connectivity index (χ0n) is 18.9. The van der Waals surface area contributed by atoms with Crippen LogP contribution in [-0.2, 0) is 14.0 Å².